The molecule has 0 bridgehead atoms. The molecule has 0 unspecified atom stereocenters. The molecule has 0 spiro atoms. The second kappa shape index (κ2) is 6.30. The monoisotopic (exact) mass is 295 g/mol. The molecule has 0 saturated carbocycles. The van der Waals surface area contributed by atoms with Crippen molar-refractivity contribution in [2.45, 2.75) is 6.92 Å². The molecule has 1 amide bonds. The number of benzene rings is 2. The number of hydrogen-bond acceptors (Lipinski definition) is 3. The molecule has 0 atom stereocenters. The molecule has 3 aromatic rings. The van der Waals surface area contributed by atoms with Crippen molar-refractivity contribution >= 4 is 16.8 Å². The van der Waals surface area contributed by atoms with E-state index in [1.807, 2.05) is 43.3 Å². The number of para-hydroxylation sites is 1. The number of aryl methyl sites for hydroxylation is 1. The number of H-pyrrole nitrogens is 1. The first-order chi connectivity index (χ1) is 10.7. The molecule has 0 aliphatic rings. The van der Waals surface area contributed by atoms with Crippen molar-refractivity contribution in [2.24, 2.45) is 0 Å². The zero-order valence-corrected chi connectivity index (χ0v) is 12.3. The van der Waals surface area contributed by atoms with Gasteiger partial charge < -0.3 is 10.1 Å². The molecule has 22 heavy (non-hydrogen) atoms. The third-order valence-electron chi connectivity index (χ3n) is 3.40. The minimum atomic E-state index is -0.137. The standard InChI is InChI=1S/C17H17N3O2/c1-12-5-7-14(8-6-12)22-10-9-18-17(21)15-4-2-3-13-11-19-20-16(13)15/h2-8,11H,9-10H2,1H3,(H,18,21)(H,19,20). The molecule has 0 radical (unpaired) electrons. The lowest BCUT2D eigenvalue weighted by Gasteiger charge is -2.08. The maximum Gasteiger partial charge on any atom is 0.253 e. The lowest BCUT2D eigenvalue weighted by atomic mass is 10.1. The predicted molar refractivity (Wildman–Crippen MR) is 85.1 cm³/mol. The van der Waals surface area contributed by atoms with Gasteiger partial charge in [0.1, 0.15) is 12.4 Å². The summed E-state index contributed by atoms with van der Waals surface area (Å²) in [5.41, 5.74) is 2.53. The lowest BCUT2D eigenvalue weighted by molar-refractivity contribution is 0.0948. The molecule has 1 heterocycles. The number of nitrogens with one attached hydrogen (secondary N) is 2. The zero-order chi connectivity index (χ0) is 15.4. The summed E-state index contributed by atoms with van der Waals surface area (Å²) in [5.74, 6) is 0.665. The fraction of sp³-hybridized carbons (Fsp3) is 0.176. The van der Waals surface area contributed by atoms with Crippen LogP contribution in [0.3, 0.4) is 0 Å². The Morgan fingerprint density at radius 2 is 2.05 bits per heavy atom. The number of aromatic amines is 1. The minimum Gasteiger partial charge on any atom is -0.492 e. The van der Waals surface area contributed by atoms with Crippen molar-refractivity contribution in [3.8, 4) is 5.75 Å². The third kappa shape index (κ3) is 3.09. The molecule has 0 aliphatic carbocycles. The van der Waals surface area contributed by atoms with Crippen molar-refractivity contribution < 1.29 is 9.53 Å². The van der Waals surface area contributed by atoms with Crippen molar-refractivity contribution in [1.82, 2.24) is 15.5 Å². The third-order valence-corrected chi connectivity index (χ3v) is 3.40. The Kier molecular flexibility index (Phi) is 4.05. The highest BCUT2D eigenvalue weighted by molar-refractivity contribution is 6.05. The molecular weight excluding hydrogens is 278 g/mol. The van der Waals surface area contributed by atoms with Gasteiger partial charge in [0.2, 0.25) is 0 Å². The Morgan fingerprint density at radius 3 is 2.86 bits per heavy atom. The Hall–Kier alpha value is -2.82. The van der Waals surface area contributed by atoms with E-state index in [2.05, 4.69) is 15.5 Å². The van der Waals surface area contributed by atoms with Crippen LogP contribution in [-0.4, -0.2) is 29.3 Å². The van der Waals surface area contributed by atoms with Crippen LogP contribution in [0.15, 0.2) is 48.7 Å². The Balaban J connectivity index is 1.54. The molecule has 0 fully saturated rings. The van der Waals surface area contributed by atoms with E-state index < -0.39 is 0 Å². The molecule has 5 heteroatoms. The number of carbonyl (C=O) groups excluding carboxylic acids is 1. The molecule has 0 aliphatic heterocycles. The van der Waals surface area contributed by atoms with Crippen LogP contribution < -0.4 is 10.1 Å². The number of amides is 1. The fourth-order valence-electron chi connectivity index (χ4n) is 2.22. The van der Waals surface area contributed by atoms with E-state index in [-0.39, 0.29) is 5.91 Å². The van der Waals surface area contributed by atoms with E-state index in [0.717, 1.165) is 16.7 Å². The molecule has 1 aromatic heterocycles. The molecule has 112 valence electrons. The Bertz CT molecular complexity index is 778. The van der Waals surface area contributed by atoms with E-state index in [1.165, 1.54) is 5.56 Å². The van der Waals surface area contributed by atoms with E-state index in [0.29, 0.717) is 18.7 Å². The molecule has 2 N–H and O–H groups in total. The van der Waals surface area contributed by atoms with Crippen molar-refractivity contribution in [1.29, 1.82) is 0 Å². The van der Waals surface area contributed by atoms with Gasteiger partial charge in [0, 0.05) is 5.39 Å². The van der Waals surface area contributed by atoms with Gasteiger partial charge in [-0.05, 0) is 25.1 Å². The van der Waals surface area contributed by atoms with Crippen LogP contribution in [0.1, 0.15) is 15.9 Å². The van der Waals surface area contributed by atoms with Crippen molar-refractivity contribution in [2.75, 3.05) is 13.2 Å². The highest BCUT2D eigenvalue weighted by Crippen LogP contribution is 2.15. The predicted octanol–water partition coefficient (Wildman–Crippen LogP) is 2.68. The number of carbonyl (C=O) groups is 1. The number of hydrogen-bond donors (Lipinski definition) is 2. The van der Waals surface area contributed by atoms with Crippen LogP contribution in [0.25, 0.3) is 10.9 Å². The molecular formula is C17H17N3O2. The summed E-state index contributed by atoms with van der Waals surface area (Å²) in [6.07, 6.45) is 1.70. The summed E-state index contributed by atoms with van der Waals surface area (Å²) >= 11 is 0. The topological polar surface area (TPSA) is 67.0 Å². The van der Waals surface area contributed by atoms with Crippen LogP contribution in [0.4, 0.5) is 0 Å². The average Bonchev–Trinajstić information content (AvgIpc) is 3.01. The van der Waals surface area contributed by atoms with E-state index in [1.54, 1.807) is 12.3 Å². The average molecular weight is 295 g/mol. The SMILES string of the molecule is Cc1ccc(OCCNC(=O)c2cccc3cn[nH]c23)cc1. The Labute approximate surface area is 128 Å². The van der Waals surface area contributed by atoms with Crippen LogP contribution in [0.5, 0.6) is 5.75 Å². The van der Waals surface area contributed by atoms with Gasteiger partial charge in [-0.2, -0.15) is 5.10 Å². The first kappa shape index (κ1) is 14.1. The highest BCUT2D eigenvalue weighted by Gasteiger charge is 2.10. The van der Waals surface area contributed by atoms with Gasteiger partial charge in [-0.1, -0.05) is 29.8 Å². The number of nitrogens with zero attached hydrogens (tertiary/aromatic N) is 1. The van der Waals surface area contributed by atoms with Crippen LogP contribution >= 0.6 is 0 Å². The van der Waals surface area contributed by atoms with Gasteiger partial charge in [-0.3, -0.25) is 9.89 Å². The summed E-state index contributed by atoms with van der Waals surface area (Å²) in [6, 6.07) is 13.4. The largest absolute Gasteiger partial charge is 0.492 e. The van der Waals surface area contributed by atoms with Crippen LogP contribution in [0.2, 0.25) is 0 Å². The summed E-state index contributed by atoms with van der Waals surface area (Å²) in [7, 11) is 0. The summed E-state index contributed by atoms with van der Waals surface area (Å²) in [6.45, 7) is 2.89. The second-order valence-corrected chi connectivity index (χ2v) is 5.06. The van der Waals surface area contributed by atoms with Gasteiger partial charge in [0.25, 0.3) is 5.91 Å². The lowest BCUT2D eigenvalue weighted by Crippen LogP contribution is -2.28. The summed E-state index contributed by atoms with van der Waals surface area (Å²) in [4.78, 5) is 12.2. The maximum atomic E-state index is 12.2. The normalized spacial score (nSPS) is 10.6. The molecule has 3 rings (SSSR count). The molecule has 5 nitrogen and oxygen atoms in total. The highest BCUT2D eigenvalue weighted by atomic mass is 16.5. The van der Waals surface area contributed by atoms with Crippen LogP contribution in [-0.2, 0) is 0 Å². The van der Waals surface area contributed by atoms with Crippen molar-refractivity contribution in [3.63, 3.8) is 0 Å². The van der Waals surface area contributed by atoms with Gasteiger partial charge in [0.15, 0.2) is 0 Å². The number of aromatic nitrogens is 2. The van der Waals surface area contributed by atoms with Gasteiger partial charge in [0.05, 0.1) is 23.8 Å². The fourth-order valence-corrected chi connectivity index (χ4v) is 2.22. The first-order valence-corrected chi connectivity index (χ1v) is 7.14. The smallest absolute Gasteiger partial charge is 0.253 e. The van der Waals surface area contributed by atoms with E-state index in [4.69, 9.17) is 4.74 Å². The van der Waals surface area contributed by atoms with E-state index >= 15 is 0 Å². The van der Waals surface area contributed by atoms with Gasteiger partial charge in [-0.25, -0.2) is 0 Å². The van der Waals surface area contributed by atoms with Crippen LogP contribution in [0, 0.1) is 6.92 Å². The quantitative estimate of drug-likeness (QED) is 0.711. The number of fused-ring (bicyclic) bond motifs is 1. The minimum absolute atomic E-state index is 0.137. The van der Waals surface area contributed by atoms with Gasteiger partial charge in [-0.15, -0.1) is 0 Å². The second-order valence-electron chi connectivity index (χ2n) is 5.06. The van der Waals surface area contributed by atoms with Gasteiger partial charge >= 0.3 is 0 Å². The molecule has 2 aromatic carbocycles. The summed E-state index contributed by atoms with van der Waals surface area (Å²) in [5, 5.41) is 10.6. The zero-order valence-electron chi connectivity index (χ0n) is 12.3. The van der Waals surface area contributed by atoms with E-state index in [9.17, 15) is 4.79 Å². The number of ether oxygens (including phenoxy) is 1. The van der Waals surface area contributed by atoms with Crippen molar-refractivity contribution in [3.05, 3.63) is 59.8 Å². The maximum absolute atomic E-state index is 12.2. The first-order valence-electron chi connectivity index (χ1n) is 7.14. The summed E-state index contributed by atoms with van der Waals surface area (Å²) < 4.78 is 5.58. The Morgan fingerprint density at radius 1 is 1.23 bits per heavy atom. The molecule has 0 saturated heterocycles. The number of rotatable bonds is 5.